The van der Waals surface area contributed by atoms with Crippen molar-refractivity contribution in [3.05, 3.63) is 0 Å². The van der Waals surface area contributed by atoms with Crippen LogP contribution in [-0.2, 0) is 0 Å². The average molecular weight is 229 g/mol. The highest BCUT2D eigenvalue weighted by molar-refractivity contribution is 6.15. The van der Waals surface area contributed by atoms with Gasteiger partial charge in [0, 0.05) is 18.9 Å². The summed E-state index contributed by atoms with van der Waals surface area (Å²) in [6, 6.07) is 0.575. The predicted octanol–water partition coefficient (Wildman–Crippen LogP) is 2.45. The van der Waals surface area contributed by atoms with Crippen molar-refractivity contribution >= 4 is 7.85 Å². The molecule has 2 rings (SSSR count). The van der Waals surface area contributed by atoms with Gasteiger partial charge in [-0.1, -0.05) is 19.3 Å². The zero-order valence-corrected chi connectivity index (χ0v) is 10.2. The van der Waals surface area contributed by atoms with Crippen molar-refractivity contribution in [3.63, 3.8) is 0 Å². The lowest BCUT2D eigenvalue weighted by molar-refractivity contribution is -0.0465. The second kappa shape index (κ2) is 4.63. The van der Waals surface area contributed by atoms with Gasteiger partial charge >= 0.3 is 0 Å². The molecule has 0 unspecified atom stereocenters. The van der Waals surface area contributed by atoms with Gasteiger partial charge in [-0.25, -0.2) is 8.78 Å². The maximum Gasteiger partial charge on any atom is 0.248 e. The molecule has 0 aliphatic heterocycles. The van der Waals surface area contributed by atoms with Gasteiger partial charge in [-0.2, -0.15) is 0 Å². The topological polar surface area (TPSA) is 12.0 Å². The molecule has 2 aliphatic carbocycles. The third-order valence-corrected chi connectivity index (χ3v) is 4.24. The third-order valence-electron chi connectivity index (χ3n) is 4.24. The molecule has 1 nitrogen and oxygen atoms in total. The number of hydrogen-bond acceptors (Lipinski definition) is 1. The standard InChI is InChI=1S/C12H22BF2N/c13-11(6-8-12(14,15)9-7-11)16-10-4-2-1-3-5-10/h10,16H,1-9,13H2. The van der Waals surface area contributed by atoms with Crippen LogP contribution in [-0.4, -0.2) is 25.2 Å². The van der Waals surface area contributed by atoms with Gasteiger partial charge < -0.3 is 5.32 Å². The molecule has 0 aromatic rings. The fourth-order valence-corrected chi connectivity index (χ4v) is 3.05. The Balaban J connectivity index is 1.84. The highest BCUT2D eigenvalue weighted by atomic mass is 19.3. The molecular weight excluding hydrogens is 207 g/mol. The Hall–Kier alpha value is -0.115. The molecule has 0 bridgehead atoms. The molecule has 2 fully saturated rings. The molecule has 0 aromatic heterocycles. The quantitative estimate of drug-likeness (QED) is 0.717. The lowest BCUT2D eigenvalue weighted by Gasteiger charge is -2.42. The van der Waals surface area contributed by atoms with Crippen LogP contribution in [0.2, 0.25) is 0 Å². The van der Waals surface area contributed by atoms with Crippen LogP contribution in [0.5, 0.6) is 0 Å². The van der Waals surface area contributed by atoms with Crippen LogP contribution < -0.4 is 5.32 Å². The van der Waals surface area contributed by atoms with Crippen molar-refractivity contribution in [3.8, 4) is 0 Å². The molecule has 0 saturated heterocycles. The number of alkyl halides is 2. The molecule has 2 saturated carbocycles. The minimum Gasteiger partial charge on any atom is -0.316 e. The maximum atomic E-state index is 13.1. The second-order valence-corrected chi connectivity index (χ2v) is 5.90. The van der Waals surface area contributed by atoms with Crippen molar-refractivity contribution in [1.82, 2.24) is 5.32 Å². The maximum absolute atomic E-state index is 13.1. The van der Waals surface area contributed by atoms with Crippen molar-refractivity contribution in [2.75, 3.05) is 0 Å². The van der Waals surface area contributed by atoms with Crippen LogP contribution in [0.4, 0.5) is 8.78 Å². The van der Waals surface area contributed by atoms with Gasteiger partial charge in [-0.05, 0) is 31.1 Å². The molecule has 1 N–H and O–H groups in total. The fraction of sp³-hybridized carbons (Fsp3) is 1.00. The summed E-state index contributed by atoms with van der Waals surface area (Å²) in [5.41, 5.74) is -0.0380. The van der Waals surface area contributed by atoms with E-state index in [1.807, 2.05) is 0 Å². The van der Waals surface area contributed by atoms with Gasteiger partial charge in [0.25, 0.3) is 0 Å². The van der Waals surface area contributed by atoms with Gasteiger partial charge in [0.2, 0.25) is 5.92 Å². The Labute approximate surface area is 97.8 Å². The van der Waals surface area contributed by atoms with Crippen molar-refractivity contribution < 1.29 is 8.78 Å². The van der Waals surface area contributed by atoms with Crippen molar-refractivity contribution in [2.45, 2.75) is 75.2 Å². The summed E-state index contributed by atoms with van der Waals surface area (Å²) in [6.45, 7) is 0. The molecule has 0 spiro atoms. The van der Waals surface area contributed by atoms with Crippen LogP contribution in [0.3, 0.4) is 0 Å². The Morgan fingerprint density at radius 1 is 0.938 bits per heavy atom. The second-order valence-electron chi connectivity index (χ2n) is 5.90. The van der Waals surface area contributed by atoms with Crippen molar-refractivity contribution in [2.24, 2.45) is 0 Å². The van der Waals surface area contributed by atoms with E-state index in [2.05, 4.69) is 13.2 Å². The van der Waals surface area contributed by atoms with Crippen LogP contribution in [0, 0.1) is 0 Å². The van der Waals surface area contributed by atoms with Gasteiger partial charge in [-0.15, -0.1) is 0 Å². The first kappa shape index (κ1) is 12.3. The molecular formula is C12H22BF2N. The van der Waals surface area contributed by atoms with E-state index in [1.54, 1.807) is 0 Å². The van der Waals surface area contributed by atoms with Crippen LogP contribution in [0.25, 0.3) is 0 Å². The van der Waals surface area contributed by atoms with E-state index < -0.39 is 5.92 Å². The first-order chi connectivity index (χ1) is 7.49. The van der Waals surface area contributed by atoms with Crippen molar-refractivity contribution in [1.29, 1.82) is 0 Å². The molecule has 4 heteroatoms. The number of hydrogen-bond donors (Lipinski definition) is 1. The third kappa shape index (κ3) is 3.19. The first-order valence-corrected chi connectivity index (χ1v) is 6.65. The smallest absolute Gasteiger partial charge is 0.248 e. The molecule has 0 heterocycles. The fourth-order valence-electron chi connectivity index (χ4n) is 3.05. The van der Waals surface area contributed by atoms with E-state index in [1.165, 1.54) is 32.1 Å². The summed E-state index contributed by atoms with van der Waals surface area (Å²) >= 11 is 0. The number of rotatable bonds is 2. The van der Waals surface area contributed by atoms with E-state index in [0.29, 0.717) is 18.9 Å². The largest absolute Gasteiger partial charge is 0.316 e. The van der Waals surface area contributed by atoms with Crippen LogP contribution >= 0.6 is 0 Å². The Morgan fingerprint density at radius 3 is 2.06 bits per heavy atom. The lowest BCUT2D eigenvalue weighted by Crippen LogP contribution is -2.54. The zero-order chi connectivity index (χ0) is 11.6. The van der Waals surface area contributed by atoms with Gasteiger partial charge in [0.1, 0.15) is 7.85 Å². The van der Waals surface area contributed by atoms with E-state index >= 15 is 0 Å². The molecule has 0 atom stereocenters. The van der Waals surface area contributed by atoms with Gasteiger partial charge in [-0.3, -0.25) is 0 Å². The SMILES string of the molecule is BC1(NC2CCCCC2)CCC(F)(F)CC1. The first-order valence-electron chi connectivity index (χ1n) is 6.65. The summed E-state index contributed by atoms with van der Waals surface area (Å²) in [5.74, 6) is -2.41. The zero-order valence-electron chi connectivity index (χ0n) is 10.2. The normalized spacial score (nSPS) is 30.1. The van der Waals surface area contributed by atoms with Gasteiger partial charge in [0.15, 0.2) is 0 Å². The summed E-state index contributed by atoms with van der Waals surface area (Å²) in [6.07, 6.45) is 7.75. The summed E-state index contributed by atoms with van der Waals surface area (Å²) in [4.78, 5) is 0. The monoisotopic (exact) mass is 229 g/mol. The highest BCUT2D eigenvalue weighted by Crippen LogP contribution is 2.37. The van der Waals surface area contributed by atoms with E-state index in [4.69, 9.17) is 0 Å². The lowest BCUT2D eigenvalue weighted by atomic mass is 9.66. The Morgan fingerprint density at radius 2 is 1.50 bits per heavy atom. The molecule has 0 amide bonds. The molecule has 16 heavy (non-hydrogen) atoms. The van der Waals surface area contributed by atoms with E-state index in [-0.39, 0.29) is 18.3 Å². The van der Waals surface area contributed by atoms with E-state index in [9.17, 15) is 8.78 Å². The summed E-state index contributed by atoms with van der Waals surface area (Å²) in [7, 11) is 2.12. The minimum atomic E-state index is -2.41. The van der Waals surface area contributed by atoms with E-state index in [0.717, 1.165) is 0 Å². The minimum absolute atomic E-state index is 0.0380. The average Bonchev–Trinajstić information content (AvgIpc) is 2.25. The van der Waals surface area contributed by atoms with Crippen LogP contribution in [0.15, 0.2) is 0 Å². The predicted molar refractivity (Wildman–Crippen MR) is 64.7 cm³/mol. The van der Waals surface area contributed by atoms with Gasteiger partial charge in [0.05, 0.1) is 0 Å². The molecule has 2 aliphatic rings. The summed E-state index contributed by atoms with van der Waals surface area (Å²) in [5, 5.41) is 3.64. The number of nitrogens with one attached hydrogen (secondary N) is 1. The van der Waals surface area contributed by atoms with Crippen LogP contribution in [0.1, 0.15) is 57.8 Å². The number of halogens is 2. The highest BCUT2D eigenvalue weighted by Gasteiger charge is 2.41. The molecule has 92 valence electrons. The summed E-state index contributed by atoms with van der Waals surface area (Å²) < 4.78 is 26.2. The molecule has 0 radical (unpaired) electrons. The Bertz CT molecular complexity index is 229. The molecule has 0 aromatic carbocycles. The Kier molecular flexibility index (Phi) is 3.58.